The Morgan fingerprint density at radius 3 is 2.56 bits per heavy atom. The molecule has 2 N–H and O–H groups in total. The van der Waals surface area contributed by atoms with E-state index in [1.165, 1.54) is 43.5 Å². The maximum atomic E-state index is 13.8. The third-order valence-electron chi connectivity index (χ3n) is 8.15. The quantitative estimate of drug-likeness (QED) is 0.315. The fourth-order valence-corrected chi connectivity index (χ4v) is 7.10. The number of para-hydroxylation sites is 1. The van der Waals surface area contributed by atoms with Gasteiger partial charge in [-0.15, -0.1) is 0 Å². The first-order valence-electron chi connectivity index (χ1n) is 14.6. The van der Waals surface area contributed by atoms with Crippen molar-refractivity contribution < 1.29 is 17.6 Å². The fraction of sp³-hybridized carbons (Fsp3) is 0.355. The van der Waals surface area contributed by atoms with E-state index in [1.807, 2.05) is 36.3 Å². The van der Waals surface area contributed by atoms with Crippen molar-refractivity contribution in [2.45, 2.75) is 35.2 Å². The van der Waals surface area contributed by atoms with Crippen LogP contribution in [0.5, 0.6) is 0 Å². The minimum atomic E-state index is -3.91. The molecule has 0 spiro atoms. The van der Waals surface area contributed by atoms with Crippen LogP contribution in [0.25, 0.3) is 10.9 Å². The number of benzene rings is 3. The van der Waals surface area contributed by atoms with E-state index >= 15 is 0 Å². The lowest BCUT2D eigenvalue weighted by Gasteiger charge is -2.41. The van der Waals surface area contributed by atoms with Crippen molar-refractivity contribution in [2.75, 3.05) is 56.8 Å². The zero-order valence-electron chi connectivity index (χ0n) is 24.1. The summed E-state index contributed by atoms with van der Waals surface area (Å²) in [5, 5.41) is 13.9. The van der Waals surface area contributed by atoms with Gasteiger partial charge < -0.3 is 15.5 Å². The molecule has 3 heterocycles. The molecule has 2 aliphatic rings. The number of fused-ring (bicyclic) bond motifs is 1. The number of anilines is 1. The number of likely N-dealkylation sites (tertiary alicyclic amines) is 1. The molecule has 1 amide bonds. The summed E-state index contributed by atoms with van der Waals surface area (Å²) >= 11 is 0. The standard InChI is InChI=1S/C31H36FN7O3S/c1-36-16-17-38(30(21-36)35-31(40)27-10-3-4-11-28(27)33-22-37-14-5-2-6-15-37)39-29-13-12-26(18-23(29)20-34-39)43(41,42)25-9-7-8-24(32)19-25/h3-4,7-13,18-20,30,33H,2,5-6,14-17,21-22H2,1H3,(H,35,40). The second kappa shape index (κ2) is 12.3. The van der Waals surface area contributed by atoms with Gasteiger partial charge in [0.2, 0.25) is 9.84 Å². The van der Waals surface area contributed by atoms with Gasteiger partial charge in [0, 0.05) is 24.2 Å². The predicted molar refractivity (Wildman–Crippen MR) is 164 cm³/mol. The maximum Gasteiger partial charge on any atom is 0.255 e. The van der Waals surface area contributed by atoms with Crippen LogP contribution < -0.4 is 15.6 Å². The van der Waals surface area contributed by atoms with Crippen LogP contribution in [-0.2, 0) is 9.84 Å². The summed E-state index contributed by atoms with van der Waals surface area (Å²) in [7, 11) is -1.90. The van der Waals surface area contributed by atoms with Gasteiger partial charge in [-0.2, -0.15) is 9.89 Å². The summed E-state index contributed by atoms with van der Waals surface area (Å²) in [5.74, 6) is -0.800. The number of halogens is 1. The first-order chi connectivity index (χ1) is 20.8. The summed E-state index contributed by atoms with van der Waals surface area (Å²) in [6.45, 7) is 4.73. The highest BCUT2D eigenvalue weighted by Gasteiger charge is 2.30. The molecule has 0 radical (unpaired) electrons. The van der Waals surface area contributed by atoms with Crippen molar-refractivity contribution >= 4 is 32.3 Å². The number of hydrogen-bond acceptors (Lipinski definition) is 8. The van der Waals surface area contributed by atoms with E-state index in [1.54, 1.807) is 23.1 Å². The van der Waals surface area contributed by atoms with Crippen LogP contribution in [0.15, 0.2) is 82.7 Å². The van der Waals surface area contributed by atoms with Crippen molar-refractivity contribution in [1.29, 1.82) is 0 Å². The number of piperazine rings is 1. The van der Waals surface area contributed by atoms with Gasteiger partial charge in [-0.05, 0) is 81.5 Å². The molecular weight excluding hydrogens is 569 g/mol. The van der Waals surface area contributed by atoms with Crippen molar-refractivity contribution in [3.8, 4) is 0 Å². The monoisotopic (exact) mass is 605 g/mol. The SMILES string of the molecule is CN1CCN(n2ncc3cc(S(=O)(=O)c4cccc(F)c4)ccc32)C(NC(=O)c2ccccc2NCN2CCCCC2)C1. The smallest absolute Gasteiger partial charge is 0.255 e. The lowest BCUT2D eigenvalue weighted by molar-refractivity contribution is 0.0904. The van der Waals surface area contributed by atoms with E-state index in [0.717, 1.165) is 31.4 Å². The van der Waals surface area contributed by atoms with E-state index in [2.05, 4.69) is 25.5 Å². The zero-order chi connectivity index (χ0) is 30.0. The Hall–Kier alpha value is -4.00. The van der Waals surface area contributed by atoms with E-state index in [0.29, 0.717) is 36.2 Å². The van der Waals surface area contributed by atoms with Crippen LogP contribution in [0.1, 0.15) is 29.6 Å². The summed E-state index contributed by atoms with van der Waals surface area (Å²) in [6.07, 6.45) is 4.88. The van der Waals surface area contributed by atoms with Crippen molar-refractivity contribution in [1.82, 2.24) is 25.0 Å². The Kier molecular flexibility index (Phi) is 8.33. The van der Waals surface area contributed by atoms with Crippen LogP contribution in [0, 0.1) is 5.82 Å². The molecule has 2 aliphatic heterocycles. The average molecular weight is 606 g/mol. The molecule has 1 aromatic heterocycles. The average Bonchev–Trinajstić information content (AvgIpc) is 3.44. The number of amides is 1. The normalized spacial score (nSPS) is 18.6. The number of nitrogens with one attached hydrogen (secondary N) is 2. The first-order valence-corrected chi connectivity index (χ1v) is 16.1. The second-order valence-corrected chi connectivity index (χ2v) is 13.1. The minimum absolute atomic E-state index is 0.0574. The van der Waals surface area contributed by atoms with Gasteiger partial charge in [0.25, 0.3) is 5.91 Å². The molecule has 0 bridgehead atoms. The van der Waals surface area contributed by atoms with Gasteiger partial charge in [0.05, 0.1) is 40.3 Å². The highest BCUT2D eigenvalue weighted by Crippen LogP contribution is 2.26. The third kappa shape index (κ3) is 6.22. The highest BCUT2D eigenvalue weighted by molar-refractivity contribution is 7.91. The molecule has 0 aliphatic carbocycles. The van der Waals surface area contributed by atoms with Crippen LogP contribution in [-0.4, -0.2) is 86.6 Å². The van der Waals surface area contributed by atoms with Gasteiger partial charge in [-0.25, -0.2) is 12.8 Å². The number of piperidine rings is 1. The van der Waals surface area contributed by atoms with Gasteiger partial charge >= 0.3 is 0 Å². The Morgan fingerprint density at radius 1 is 0.953 bits per heavy atom. The first kappa shape index (κ1) is 29.1. The van der Waals surface area contributed by atoms with Crippen LogP contribution in [0.4, 0.5) is 10.1 Å². The molecule has 4 aromatic rings. The van der Waals surface area contributed by atoms with Gasteiger partial charge in [0.1, 0.15) is 12.0 Å². The summed E-state index contributed by atoms with van der Waals surface area (Å²) in [6, 6.07) is 17.3. The largest absolute Gasteiger partial charge is 0.372 e. The molecule has 6 rings (SSSR count). The van der Waals surface area contributed by atoms with E-state index in [-0.39, 0.29) is 21.9 Å². The predicted octanol–water partition coefficient (Wildman–Crippen LogP) is 3.50. The second-order valence-electron chi connectivity index (χ2n) is 11.2. The molecule has 0 saturated carbocycles. The Labute approximate surface area is 251 Å². The summed E-state index contributed by atoms with van der Waals surface area (Å²) < 4.78 is 40.1. The van der Waals surface area contributed by atoms with Gasteiger partial charge in [0.15, 0.2) is 0 Å². The van der Waals surface area contributed by atoms with Gasteiger partial charge in [-0.1, -0.05) is 24.6 Å². The van der Waals surface area contributed by atoms with Crippen molar-refractivity contribution in [3.63, 3.8) is 0 Å². The number of nitrogens with zero attached hydrogens (tertiary/aromatic N) is 5. The topological polar surface area (TPSA) is 103 Å². The molecule has 2 saturated heterocycles. The fourth-order valence-electron chi connectivity index (χ4n) is 5.77. The van der Waals surface area contributed by atoms with E-state index in [9.17, 15) is 17.6 Å². The number of rotatable bonds is 8. The maximum absolute atomic E-state index is 13.8. The minimum Gasteiger partial charge on any atom is -0.372 e. The Bertz CT molecular complexity index is 1720. The molecule has 43 heavy (non-hydrogen) atoms. The Balaban J connectivity index is 1.23. The number of sulfone groups is 1. The number of aromatic nitrogens is 2. The van der Waals surface area contributed by atoms with Crippen molar-refractivity contribution in [3.05, 3.63) is 84.3 Å². The lowest BCUT2D eigenvalue weighted by Crippen LogP contribution is -2.63. The number of carbonyl (C=O) groups is 1. The molecule has 2 fully saturated rings. The molecule has 10 nitrogen and oxygen atoms in total. The number of likely N-dealkylation sites (N-methyl/N-ethyl adjacent to an activating group) is 1. The van der Waals surface area contributed by atoms with Gasteiger partial charge in [-0.3, -0.25) is 14.7 Å². The third-order valence-corrected chi connectivity index (χ3v) is 9.90. The Morgan fingerprint density at radius 2 is 1.74 bits per heavy atom. The van der Waals surface area contributed by atoms with Crippen LogP contribution in [0.2, 0.25) is 0 Å². The van der Waals surface area contributed by atoms with Crippen LogP contribution >= 0.6 is 0 Å². The molecular formula is C31H36FN7O3S. The van der Waals surface area contributed by atoms with Crippen LogP contribution in [0.3, 0.4) is 0 Å². The van der Waals surface area contributed by atoms with E-state index in [4.69, 9.17) is 0 Å². The summed E-state index contributed by atoms with van der Waals surface area (Å²) in [4.78, 5) is 19.9. The summed E-state index contributed by atoms with van der Waals surface area (Å²) in [5.41, 5.74) is 2.06. The highest BCUT2D eigenvalue weighted by atomic mass is 32.2. The van der Waals surface area contributed by atoms with Crippen molar-refractivity contribution in [2.24, 2.45) is 0 Å². The molecule has 12 heteroatoms. The zero-order valence-corrected chi connectivity index (χ0v) is 24.9. The number of hydrogen-bond donors (Lipinski definition) is 2. The van der Waals surface area contributed by atoms with E-state index < -0.39 is 15.7 Å². The number of carbonyl (C=O) groups excluding carboxylic acids is 1. The molecule has 1 unspecified atom stereocenters. The molecule has 226 valence electrons. The molecule has 1 atom stereocenters. The molecule has 3 aromatic carbocycles. The lowest BCUT2D eigenvalue weighted by atomic mass is 10.1.